The number of carbonyl (C=O) groups is 1. The highest BCUT2D eigenvalue weighted by Gasteiger charge is 2.33. The summed E-state index contributed by atoms with van der Waals surface area (Å²) in [6, 6.07) is 4.88. The van der Waals surface area contributed by atoms with Crippen LogP contribution in [0.4, 0.5) is 10.7 Å². The molecule has 3 heterocycles. The van der Waals surface area contributed by atoms with Crippen molar-refractivity contribution < 1.29 is 9.72 Å². The van der Waals surface area contributed by atoms with Crippen molar-refractivity contribution in [1.29, 1.82) is 0 Å². The Hall–Kier alpha value is -1.97. The van der Waals surface area contributed by atoms with E-state index in [4.69, 9.17) is 0 Å². The minimum atomic E-state index is -0.482. The second-order valence-electron chi connectivity index (χ2n) is 6.21. The van der Waals surface area contributed by atoms with Crippen LogP contribution in [0.3, 0.4) is 0 Å². The number of nitrogens with one attached hydrogen (secondary N) is 2. The maximum absolute atomic E-state index is 12.7. The van der Waals surface area contributed by atoms with Gasteiger partial charge in [-0.2, -0.15) is 0 Å². The highest BCUT2D eigenvalue weighted by Crippen LogP contribution is 2.41. The number of thiophene rings is 1. The molecule has 7 nitrogen and oxygen atoms in total. The molecular formula is C16H15BrN4O3S. The molecule has 0 fully saturated rings. The van der Waals surface area contributed by atoms with Gasteiger partial charge in [-0.1, -0.05) is 6.07 Å². The fourth-order valence-corrected chi connectivity index (χ4v) is 5.00. The first kappa shape index (κ1) is 16.5. The molecule has 130 valence electrons. The summed E-state index contributed by atoms with van der Waals surface area (Å²) in [5, 5.41) is 18.3. The first-order valence-electron chi connectivity index (χ1n) is 7.78. The Morgan fingerprint density at radius 3 is 2.96 bits per heavy atom. The molecule has 25 heavy (non-hydrogen) atoms. The molecule has 0 bridgehead atoms. The Kier molecular flexibility index (Phi) is 4.01. The Morgan fingerprint density at radius 1 is 1.40 bits per heavy atom. The summed E-state index contributed by atoms with van der Waals surface area (Å²) in [5.41, 5.74) is 2.49. The smallest absolute Gasteiger partial charge is 0.283 e. The fraction of sp³-hybridized carbons (Fsp3) is 0.312. The van der Waals surface area contributed by atoms with E-state index in [1.807, 2.05) is 0 Å². The molecule has 0 aliphatic carbocycles. The van der Waals surface area contributed by atoms with Crippen LogP contribution >= 0.6 is 27.3 Å². The highest BCUT2D eigenvalue weighted by atomic mass is 79.9. The van der Waals surface area contributed by atoms with Crippen LogP contribution < -0.4 is 10.6 Å². The Labute approximate surface area is 156 Å². The number of rotatable bonds is 2. The van der Waals surface area contributed by atoms with Gasteiger partial charge in [0.25, 0.3) is 11.6 Å². The van der Waals surface area contributed by atoms with Crippen molar-refractivity contribution in [2.45, 2.75) is 19.1 Å². The third-order valence-corrected chi connectivity index (χ3v) is 6.34. The molecule has 9 heteroatoms. The Morgan fingerprint density at radius 2 is 2.20 bits per heavy atom. The number of amides is 1. The molecule has 0 radical (unpaired) electrons. The van der Waals surface area contributed by atoms with Crippen LogP contribution in [-0.2, 0) is 13.0 Å². The van der Waals surface area contributed by atoms with Gasteiger partial charge >= 0.3 is 0 Å². The van der Waals surface area contributed by atoms with E-state index in [0.29, 0.717) is 10.0 Å². The molecule has 2 aliphatic heterocycles. The lowest BCUT2D eigenvalue weighted by molar-refractivity contribution is -0.385. The van der Waals surface area contributed by atoms with E-state index in [1.54, 1.807) is 23.5 Å². The number of nitro groups is 1. The monoisotopic (exact) mass is 422 g/mol. The van der Waals surface area contributed by atoms with Crippen molar-refractivity contribution in [3.8, 4) is 0 Å². The zero-order valence-corrected chi connectivity index (χ0v) is 15.7. The number of nitrogens with zero attached hydrogens (tertiary/aromatic N) is 2. The molecule has 1 aromatic heterocycles. The SMILES string of the molecule is CN1CCc2c(sc3c2C(=O)N[C@@H](c2ccc(Br)c([N+](=O)[O-])c2)N3)C1. The number of hydrogen-bond donors (Lipinski definition) is 2. The van der Waals surface area contributed by atoms with Gasteiger partial charge in [-0.25, -0.2) is 0 Å². The van der Waals surface area contributed by atoms with Gasteiger partial charge in [-0.05, 0) is 41.0 Å². The molecule has 4 rings (SSSR count). The van der Waals surface area contributed by atoms with Gasteiger partial charge in [0.1, 0.15) is 11.2 Å². The highest BCUT2D eigenvalue weighted by molar-refractivity contribution is 9.10. The maximum Gasteiger partial charge on any atom is 0.283 e. The molecule has 2 aromatic rings. The minimum absolute atomic E-state index is 0.0218. The predicted molar refractivity (Wildman–Crippen MR) is 99.0 cm³/mol. The topological polar surface area (TPSA) is 87.5 Å². The molecule has 1 atom stereocenters. The number of nitro benzene ring substituents is 1. The van der Waals surface area contributed by atoms with E-state index in [9.17, 15) is 14.9 Å². The number of anilines is 1. The van der Waals surface area contributed by atoms with Crippen molar-refractivity contribution in [3.63, 3.8) is 0 Å². The molecule has 0 spiro atoms. The predicted octanol–water partition coefficient (Wildman–Crippen LogP) is 3.26. The lowest BCUT2D eigenvalue weighted by Gasteiger charge is -2.27. The number of halogens is 1. The molecule has 0 saturated heterocycles. The van der Waals surface area contributed by atoms with Crippen molar-refractivity contribution in [2.75, 3.05) is 18.9 Å². The normalized spacial score (nSPS) is 19.6. The van der Waals surface area contributed by atoms with Gasteiger partial charge in [-0.3, -0.25) is 14.9 Å². The van der Waals surface area contributed by atoms with Crippen LogP contribution in [0.15, 0.2) is 22.7 Å². The summed E-state index contributed by atoms with van der Waals surface area (Å²) in [4.78, 5) is 26.8. The number of benzene rings is 1. The van der Waals surface area contributed by atoms with Crippen molar-refractivity contribution >= 4 is 43.9 Å². The summed E-state index contributed by atoms with van der Waals surface area (Å²) >= 11 is 4.79. The standard InChI is InChI=1S/C16H15BrN4O3S/c1-20-5-4-9-12(7-20)25-16-13(9)15(22)18-14(19-16)8-2-3-10(17)11(6-8)21(23)24/h2-3,6,14,19H,4-5,7H2,1H3,(H,18,22)/t14-/m1/s1. The second-order valence-corrected chi connectivity index (χ2v) is 8.17. The number of fused-ring (bicyclic) bond motifs is 3. The van der Waals surface area contributed by atoms with Gasteiger partial charge in [0, 0.05) is 29.6 Å². The van der Waals surface area contributed by atoms with Crippen molar-refractivity contribution in [3.05, 3.63) is 54.4 Å². The molecule has 1 aromatic carbocycles. The lowest BCUT2D eigenvalue weighted by atomic mass is 10.0. The summed E-state index contributed by atoms with van der Waals surface area (Å²) in [7, 11) is 2.07. The first-order chi connectivity index (χ1) is 11.9. The van der Waals surface area contributed by atoms with Gasteiger partial charge in [0.15, 0.2) is 0 Å². The average molecular weight is 423 g/mol. The molecule has 1 amide bonds. The first-order valence-corrected chi connectivity index (χ1v) is 9.39. The van der Waals surface area contributed by atoms with Gasteiger partial charge in [-0.15, -0.1) is 11.3 Å². The van der Waals surface area contributed by atoms with Crippen LogP contribution in [0.5, 0.6) is 0 Å². The molecule has 2 N–H and O–H groups in total. The second kappa shape index (κ2) is 6.08. The van der Waals surface area contributed by atoms with Crippen LogP contribution in [-0.4, -0.2) is 29.3 Å². The third kappa shape index (κ3) is 2.82. The molecular weight excluding hydrogens is 408 g/mol. The van der Waals surface area contributed by atoms with Gasteiger partial charge in [0.05, 0.1) is 15.0 Å². The van der Waals surface area contributed by atoms with Crippen LogP contribution in [0, 0.1) is 10.1 Å². The summed E-state index contributed by atoms with van der Waals surface area (Å²) in [6.45, 7) is 1.78. The summed E-state index contributed by atoms with van der Waals surface area (Å²) in [5.74, 6) is -0.119. The number of carbonyl (C=O) groups excluding carboxylic acids is 1. The van der Waals surface area contributed by atoms with Crippen LogP contribution in [0.2, 0.25) is 0 Å². The van der Waals surface area contributed by atoms with Crippen molar-refractivity contribution in [2.24, 2.45) is 0 Å². The summed E-state index contributed by atoms with van der Waals surface area (Å²) < 4.78 is 0.415. The van der Waals surface area contributed by atoms with E-state index in [0.717, 1.165) is 35.6 Å². The fourth-order valence-electron chi connectivity index (χ4n) is 3.26. The number of likely N-dealkylation sites (N-methyl/N-ethyl adjacent to an activating group) is 1. The molecule has 0 saturated carbocycles. The van der Waals surface area contributed by atoms with Crippen LogP contribution in [0.1, 0.15) is 32.5 Å². The Bertz CT molecular complexity index is 898. The zero-order valence-electron chi connectivity index (χ0n) is 13.3. The van der Waals surface area contributed by atoms with E-state index < -0.39 is 11.1 Å². The van der Waals surface area contributed by atoms with E-state index >= 15 is 0 Å². The molecule has 0 unspecified atom stereocenters. The van der Waals surface area contributed by atoms with Crippen molar-refractivity contribution in [1.82, 2.24) is 10.2 Å². The third-order valence-electron chi connectivity index (χ3n) is 4.53. The average Bonchev–Trinajstić information content (AvgIpc) is 2.92. The zero-order chi connectivity index (χ0) is 17.7. The van der Waals surface area contributed by atoms with E-state index in [2.05, 4.69) is 38.5 Å². The molecule has 2 aliphatic rings. The van der Waals surface area contributed by atoms with E-state index in [1.165, 1.54) is 10.9 Å². The quantitative estimate of drug-likeness (QED) is 0.572. The maximum atomic E-state index is 12.7. The van der Waals surface area contributed by atoms with E-state index in [-0.39, 0.29) is 11.6 Å². The Balaban J connectivity index is 1.69. The lowest BCUT2D eigenvalue weighted by Crippen LogP contribution is -2.38. The number of hydrogen-bond acceptors (Lipinski definition) is 6. The largest absolute Gasteiger partial charge is 0.353 e. The van der Waals surface area contributed by atoms with Crippen LogP contribution in [0.25, 0.3) is 0 Å². The minimum Gasteiger partial charge on any atom is -0.353 e. The summed E-state index contributed by atoms with van der Waals surface area (Å²) in [6.07, 6.45) is 0.380. The van der Waals surface area contributed by atoms with Gasteiger partial charge < -0.3 is 15.5 Å². The van der Waals surface area contributed by atoms with Gasteiger partial charge in [0.2, 0.25) is 0 Å².